The van der Waals surface area contributed by atoms with E-state index in [4.69, 9.17) is 5.11 Å². The quantitative estimate of drug-likeness (QED) is 0.722. The lowest BCUT2D eigenvalue weighted by Crippen LogP contribution is -2.41. The van der Waals surface area contributed by atoms with Crippen LogP contribution in [0.4, 0.5) is 0 Å². The molecule has 2 aromatic carbocycles. The standard InChI is InChI=1S/C18H20N2O4S/c21-18(22)17-11-14-6-7-16(10-15(14)12-19-17)25(23,24)20-9-8-13-4-2-1-3-5-13/h1-7,10,17,19-20H,8-9,11-12H2,(H,21,22)/t17-/m0/s1. The fourth-order valence-electron chi connectivity index (χ4n) is 2.89. The summed E-state index contributed by atoms with van der Waals surface area (Å²) in [6.45, 7) is 0.669. The van der Waals surface area contributed by atoms with Gasteiger partial charge in [0.1, 0.15) is 6.04 Å². The Bertz CT molecular complexity index is 866. The first kappa shape index (κ1) is 17.6. The lowest BCUT2D eigenvalue weighted by atomic mass is 9.96. The van der Waals surface area contributed by atoms with Crippen LogP contribution in [0.1, 0.15) is 16.7 Å². The van der Waals surface area contributed by atoms with Gasteiger partial charge in [-0.15, -0.1) is 0 Å². The highest BCUT2D eigenvalue weighted by Crippen LogP contribution is 2.21. The summed E-state index contributed by atoms with van der Waals surface area (Å²) in [6.07, 6.45) is 0.972. The molecule has 6 nitrogen and oxygen atoms in total. The molecule has 1 heterocycles. The van der Waals surface area contributed by atoms with E-state index in [0.717, 1.165) is 16.7 Å². The summed E-state index contributed by atoms with van der Waals surface area (Å²) >= 11 is 0. The summed E-state index contributed by atoms with van der Waals surface area (Å²) < 4.78 is 27.5. The molecule has 0 saturated heterocycles. The molecule has 0 spiro atoms. The number of hydrogen-bond acceptors (Lipinski definition) is 4. The minimum atomic E-state index is -3.59. The molecule has 2 aromatic rings. The third-order valence-corrected chi connectivity index (χ3v) is 5.76. The third-order valence-electron chi connectivity index (χ3n) is 4.30. The lowest BCUT2D eigenvalue weighted by Gasteiger charge is -2.23. The van der Waals surface area contributed by atoms with E-state index in [2.05, 4.69) is 10.0 Å². The molecule has 7 heteroatoms. The molecule has 1 aliphatic heterocycles. The zero-order valence-corrected chi connectivity index (χ0v) is 14.4. The largest absolute Gasteiger partial charge is 0.480 e. The summed E-state index contributed by atoms with van der Waals surface area (Å²) in [7, 11) is -3.59. The van der Waals surface area contributed by atoms with Crippen LogP contribution in [0.5, 0.6) is 0 Å². The SMILES string of the molecule is O=C(O)[C@@H]1Cc2ccc(S(=O)(=O)NCCc3ccccc3)cc2CN1. The van der Waals surface area contributed by atoms with Crippen LogP contribution in [-0.2, 0) is 34.2 Å². The van der Waals surface area contributed by atoms with Gasteiger partial charge in [-0.25, -0.2) is 13.1 Å². The van der Waals surface area contributed by atoms with Crippen molar-refractivity contribution in [3.8, 4) is 0 Å². The van der Waals surface area contributed by atoms with Gasteiger partial charge in [0.05, 0.1) is 4.90 Å². The van der Waals surface area contributed by atoms with Crippen molar-refractivity contribution >= 4 is 16.0 Å². The molecule has 0 aliphatic carbocycles. The number of fused-ring (bicyclic) bond motifs is 1. The van der Waals surface area contributed by atoms with E-state index in [9.17, 15) is 13.2 Å². The number of aliphatic carboxylic acids is 1. The number of carbonyl (C=O) groups is 1. The predicted molar refractivity (Wildman–Crippen MR) is 93.7 cm³/mol. The lowest BCUT2D eigenvalue weighted by molar-refractivity contribution is -0.139. The minimum absolute atomic E-state index is 0.204. The van der Waals surface area contributed by atoms with Crippen LogP contribution in [0.2, 0.25) is 0 Å². The molecule has 0 fully saturated rings. The van der Waals surface area contributed by atoms with Crippen LogP contribution in [0.3, 0.4) is 0 Å². The van der Waals surface area contributed by atoms with Crippen molar-refractivity contribution in [2.24, 2.45) is 0 Å². The Balaban J connectivity index is 1.67. The zero-order chi connectivity index (χ0) is 17.9. The first-order valence-corrected chi connectivity index (χ1v) is 9.55. The van der Waals surface area contributed by atoms with Gasteiger partial charge in [-0.2, -0.15) is 0 Å². The van der Waals surface area contributed by atoms with E-state index < -0.39 is 22.0 Å². The maximum absolute atomic E-state index is 12.5. The monoisotopic (exact) mass is 360 g/mol. The summed E-state index contributed by atoms with van der Waals surface area (Å²) in [6, 6.07) is 13.9. The van der Waals surface area contributed by atoms with E-state index in [-0.39, 0.29) is 4.90 Å². The average Bonchev–Trinajstić information content (AvgIpc) is 2.61. The smallest absolute Gasteiger partial charge is 0.321 e. The van der Waals surface area contributed by atoms with Gasteiger partial charge >= 0.3 is 5.97 Å². The van der Waals surface area contributed by atoms with Gasteiger partial charge in [0.15, 0.2) is 0 Å². The number of nitrogens with one attached hydrogen (secondary N) is 2. The summed E-state index contributed by atoms with van der Waals surface area (Å²) in [4.78, 5) is 11.3. The van der Waals surface area contributed by atoms with Crippen molar-refractivity contribution in [1.82, 2.24) is 10.0 Å². The first-order valence-electron chi connectivity index (χ1n) is 8.07. The Morgan fingerprint density at radius 2 is 1.92 bits per heavy atom. The highest BCUT2D eigenvalue weighted by atomic mass is 32.2. The molecule has 3 rings (SSSR count). The summed E-state index contributed by atoms with van der Waals surface area (Å²) in [5.41, 5.74) is 2.76. The van der Waals surface area contributed by atoms with Crippen molar-refractivity contribution in [2.45, 2.75) is 30.3 Å². The van der Waals surface area contributed by atoms with Crippen molar-refractivity contribution in [3.05, 3.63) is 65.2 Å². The second-order valence-corrected chi connectivity index (χ2v) is 7.81. The highest BCUT2D eigenvalue weighted by molar-refractivity contribution is 7.89. The van der Waals surface area contributed by atoms with Gasteiger partial charge in [-0.05, 0) is 41.7 Å². The van der Waals surface area contributed by atoms with Crippen LogP contribution < -0.4 is 10.0 Å². The molecular formula is C18H20N2O4S. The van der Waals surface area contributed by atoms with Gasteiger partial charge in [-0.3, -0.25) is 4.79 Å². The third kappa shape index (κ3) is 4.25. The Morgan fingerprint density at radius 1 is 1.16 bits per heavy atom. The fraction of sp³-hybridized carbons (Fsp3) is 0.278. The minimum Gasteiger partial charge on any atom is -0.480 e. The molecule has 0 saturated carbocycles. The van der Waals surface area contributed by atoms with Crippen LogP contribution in [0.15, 0.2) is 53.4 Å². The summed E-state index contributed by atoms with van der Waals surface area (Å²) in [5, 5.41) is 12.0. The molecule has 0 amide bonds. The molecular weight excluding hydrogens is 340 g/mol. The van der Waals surface area contributed by atoms with Crippen LogP contribution in [-0.4, -0.2) is 32.1 Å². The van der Waals surface area contributed by atoms with E-state index in [1.165, 1.54) is 6.07 Å². The van der Waals surface area contributed by atoms with E-state index >= 15 is 0 Å². The normalized spacial score (nSPS) is 17.0. The van der Waals surface area contributed by atoms with E-state index in [1.807, 2.05) is 30.3 Å². The van der Waals surface area contributed by atoms with E-state index in [1.54, 1.807) is 12.1 Å². The second-order valence-electron chi connectivity index (χ2n) is 6.04. The number of benzene rings is 2. The molecule has 1 atom stereocenters. The van der Waals surface area contributed by atoms with Crippen LogP contribution in [0.25, 0.3) is 0 Å². The Hall–Kier alpha value is -2.22. The molecule has 0 aromatic heterocycles. The van der Waals surface area contributed by atoms with Crippen molar-refractivity contribution in [1.29, 1.82) is 0 Å². The molecule has 0 bridgehead atoms. The van der Waals surface area contributed by atoms with Crippen LogP contribution >= 0.6 is 0 Å². The van der Waals surface area contributed by atoms with Gasteiger partial charge in [-0.1, -0.05) is 36.4 Å². The maximum atomic E-state index is 12.5. The van der Waals surface area contributed by atoms with Gasteiger partial charge in [0.25, 0.3) is 0 Å². The van der Waals surface area contributed by atoms with Crippen molar-refractivity contribution < 1.29 is 18.3 Å². The Morgan fingerprint density at radius 3 is 2.64 bits per heavy atom. The Kier molecular flexibility index (Phi) is 5.17. The number of rotatable bonds is 6. The summed E-state index contributed by atoms with van der Waals surface area (Å²) in [5.74, 6) is -0.898. The second kappa shape index (κ2) is 7.35. The number of sulfonamides is 1. The molecule has 132 valence electrons. The first-order chi connectivity index (χ1) is 12.0. The van der Waals surface area contributed by atoms with Gasteiger partial charge in [0.2, 0.25) is 10.0 Å². The average molecular weight is 360 g/mol. The van der Waals surface area contributed by atoms with E-state index in [0.29, 0.717) is 25.9 Å². The fourth-order valence-corrected chi connectivity index (χ4v) is 3.97. The molecule has 1 aliphatic rings. The zero-order valence-electron chi connectivity index (χ0n) is 13.6. The van der Waals surface area contributed by atoms with Crippen LogP contribution in [0, 0.1) is 0 Å². The van der Waals surface area contributed by atoms with Gasteiger partial charge in [0, 0.05) is 13.1 Å². The predicted octanol–water partition coefficient (Wildman–Crippen LogP) is 1.31. The molecule has 0 unspecified atom stereocenters. The highest BCUT2D eigenvalue weighted by Gasteiger charge is 2.25. The van der Waals surface area contributed by atoms with Gasteiger partial charge < -0.3 is 10.4 Å². The van der Waals surface area contributed by atoms with Crippen molar-refractivity contribution in [3.63, 3.8) is 0 Å². The van der Waals surface area contributed by atoms with Crippen molar-refractivity contribution in [2.75, 3.05) is 6.54 Å². The molecule has 0 radical (unpaired) electrons. The Labute approximate surface area is 146 Å². The number of carboxylic acids is 1. The molecule has 25 heavy (non-hydrogen) atoms. The molecule has 3 N–H and O–H groups in total. The maximum Gasteiger partial charge on any atom is 0.321 e. The number of carboxylic acid groups (broad SMARTS) is 1. The topological polar surface area (TPSA) is 95.5 Å². The number of hydrogen-bond donors (Lipinski definition) is 3.